The molecule has 7 nitrogen and oxygen atoms in total. The lowest BCUT2D eigenvalue weighted by atomic mass is 9.68. The van der Waals surface area contributed by atoms with Crippen LogP contribution in [-0.2, 0) is 9.53 Å². The van der Waals surface area contributed by atoms with Crippen LogP contribution in [0.5, 0.6) is 5.75 Å². The number of halogens is 3. The second kappa shape index (κ2) is 8.80. The Bertz CT molecular complexity index is 841. The third-order valence-electron chi connectivity index (χ3n) is 5.67. The number of piperazine rings is 1. The Morgan fingerprint density at radius 1 is 1.06 bits per heavy atom. The number of amides is 2. The fourth-order valence-electron chi connectivity index (χ4n) is 4.02. The molecular weight excluding hydrogens is 429 g/mol. The van der Waals surface area contributed by atoms with E-state index in [4.69, 9.17) is 4.74 Å². The molecule has 0 bridgehead atoms. The van der Waals surface area contributed by atoms with E-state index < -0.39 is 35.3 Å². The maximum atomic E-state index is 13.4. The quantitative estimate of drug-likeness (QED) is 0.745. The van der Waals surface area contributed by atoms with Crippen LogP contribution in [0.1, 0.15) is 51.5 Å². The summed E-state index contributed by atoms with van der Waals surface area (Å²) >= 11 is 0. The molecule has 1 N–H and O–H groups in total. The van der Waals surface area contributed by atoms with Gasteiger partial charge in [0.2, 0.25) is 5.91 Å². The number of nitrogens with zero attached hydrogens (tertiary/aromatic N) is 2. The van der Waals surface area contributed by atoms with Gasteiger partial charge in [-0.25, -0.2) is 4.79 Å². The molecule has 178 valence electrons. The summed E-state index contributed by atoms with van der Waals surface area (Å²) in [5.41, 5.74) is -1.68. The van der Waals surface area contributed by atoms with E-state index in [-0.39, 0.29) is 37.6 Å². The summed E-state index contributed by atoms with van der Waals surface area (Å²) in [6.07, 6.45) is -3.83. The van der Waals surface area contributed by atoms with Crippen LogP contribution in [0.25, 0.3) is 0 Å². The molecule has 1 aromatic carbocycles. The molecule has 1 aromatic rings. The third-order valence-corrected chi connectivity index (χ3v) is 5.67. The molecule has 1 saturated carbocycles. The van der Waals surface area contributed by atoms with Gasteiger partial charge in [0.15, 0.2) is 0 Å². The number of alkyl halides is 3. The molecule has 10 heteroatoms. The first-order valence-corrected chi connectivity index (χ1v) is 10.6. The Morgan fingerprint density at radius 2 is 1.66 bits per heavy atom. The predicted molar refractivity (Wildman–Crippen MR) is 109 cm³/mol. The first-order valence-electron chi connectivity index (χ1n) is 10.6. The Morgan fingerprint density at radius 3 is 2.16 bits per heavy atom. The van der Waals surface area contributed by atoms with Crippen LogP contribution in [0.15, 0.2) is 24.3 Å². The van der Waals surface area contributed by atoms with Crippen LogP contribution in [-0.4, -0.2) is 70.7 Å². The number of benzene rings is 1. The van der Waals surface area contributed by atoms with E-state index >= 15 is 0 Å². The molecule has 1 aliphatic carbocycles. The molecule has 1 atom stereocenters. The highest BCUT2D eigenvalue weighted by Gasteiger charge is 2.48. The van der Waals surface area contributed by atoms with Gasteiger partial charge >= 0.3 is 12.5 Å². The van der Waals surface area contributed by atoms with Gasteiger partial charge in [0.1, 0.15) is 11.4 Å². The standard InChI is InChI=1S/C22H29F3N2O5/c1-20(2,3)32-19(29)27-12-10-26(11-13-27)18(28)17(21(30)8-5-9-21)15-6-4-7-16(14-15)31-22(23,24)25/h4,6-7,14,17,30H,5,8-13H2,1-3H3/t17-/m1/s1. The van der Waals surface area contributed by atoms with Gasteiger partial charge in [0.05, 0.1) is 11.5 Å². The lowest BCUT2D eigenvalue weighted by Crippen LogP contribution is -2.56. The first kappa shape index (κ1) is 24.2. The molecule has 2 fully saturated rings. The second-order valence-corrected chi connectivity index (χ2v) is 9.30. The van der Waals surface area contributed by atoms with E-state index in [0.29, 0.717) is 12.8 Å². The van der Waals surface area contributed by atoms with Crippen LogP contribution in [0.2, 0.25) is 0 Å². The Hall–Kier alpha value is -2.49. The smallest absolute Gasteiger partial charge is 0.444 e. The number of carbonyl (C=O) groups is 2. The Kier molecular flexibility index (Phi) is 6.65. The van der Waals surface area contributed by atoms with Crippen LogP contribution in [0.3, 0.4) is 0 Å². The van der Waals surface area contributed by atoms with Crippen molar-refractivity contribution in [2.45, 2.75) is 63.5 Å². The van der Waals surface area contributed by atoms with E-state index in [1.54, 1.807) is 25.7 Å². The maximum absolute atomic E-state index is 13.4. The number of rotatable bonds is 4. The molecule has 0 aromatic heterocycles. The predicted octanol–water partition coefficient (Wildman–Crippen LogP) is 3.66. The van der Waals surface area contributed by atoms with Gasteiger partial charge in [-0.15, -0.1) is 13.2 Å². The fourth-order valence-corrected chi connectivity index (χ4v) is 4.02. The zero-order valence-electron chi connectivity index (χ0n) is 18.4. The summed E-state index contributed by atoms with van der Waals surface area (Å²) in [6, 6.07) is 5.21. The van der Waals surface area contributed by atoms with Gasteiger partial charge in [-0.2, -0.15) is 0 Å². The van der Waals surface area contributed by atoms with Crippen LogP contribution >= 0.6 is 0 Å². The molecule has 32 heavy (non-hydrogen) atoms. The zero-order chi connectivity index (χ0) is 23.7. The number of hydrogen-bond donors (Lipinski definition) is 1. The number of hydrogen-bond acceptors (Lipinski definition) is 5. The van der Waals surface area contributed by atoms with Gasteiger partial charge in [0.25, 0.3) is 0 Å². The summed E-state index contributed by atoms with van der Waals surface area (Å²) in [4.78, 5) is 28.7. The minimum absolute atomic E-state index is 0.239. The maximum Gasteiger partial charge on any atom is 0.573 e. The molecule has 3 rings (SSSR count). The van der Waals surface area contributed by atoms with Crippen molar-refractivity contribution in [2.24, 2.45) is 0 Å². The first-order chi connectivity index (χ1) is 14.8. The minimum Gasteiger partial charge on any atom is -0.444 e. The molecule has 1 aliphatic heterocycles. The average Bonchev–Trinajstić information content (AvgIpc) is 2.64. The SMILES string of the molecule is CC(C)(C)OC(=O)N1CCN(C(=O)[C@@H](c2cccc(OC(F)(F)F)c2)C2(O)CCC2)CC1. The van der Waals surface area contributed by atoms with Crippen LogP contribution in [0, 0.1) is 0 Å². The fraction of sp³-hybridized carbons (Fsp3) is 0.636. The topological polar surface area (TPSA) is 79.3 Å². The Balaban J connectivity index is 1.75. The number of ether oxygens (including phenoxy) is 2. The molecule has 1 saturated heterocycles. The largest absolute Gasteiger partial charge is 0.573 e. The summed E-state index contributed by atoms with van der Waals surface area (Å²) < 4.78 is 47.3. The third kappa shape index (κ3) is 5.85. The molecule has 0 unspecified atom stereocenters. The average molecular weight is 458 g/mol. The van der Waals surface area contributed by atoms with E-state index in [9.17, 15) is 27.9 Å². The monoisotopic (exact) mass is 458 g/mol. The normalized spacial score (nSPS) is 19.7. The summed E-state index contributed by atoms with van der Waals surface area (Å²) in [6.45, 7) is 6.32. The van der Waals surface area contributed by atoms with Gasteiger partial charge in [-0.05, 0) is 57.7 Å². The van der Waals surface area contributed by atoms with Crippen molar-refractivity contribution in [3.8, 4) is 5.75 Å². The molecule has 0 radical (unpaired) electrons. The molecular formula is C22H29F3N2O5. The Labute approximate surface area is 185 Å². The zero-order valence-corrected chi connectivity index (χ0v) is 18.4. The molecule has 1 heterocycles. The van der Waals surface area contributed by atoms with Crippen molar-refractivity contribution in [1.82, 2.24) is 9.80 Å². The van der Waals surface area contributed by atoms with Gasteiger partial charge in [-0.3, -0.25) is 4.79 Å². The van der Waals surface area contributed by atoms with Gasteiger partial charge in [-0.1, -0.05) is 12.1 Å². The van der Waals surface area contributed by atoms with Crippen molar-refractivity contribution >= 4 is 12.0 Å². The van der Waals surface area contributed by atoms with Gasteiger partial charge < -0.3 is 24.4 Å². The van der Waals surface area contributed by atoms with E-state index in [1.807, 2.05) is 0 Å². The summed E-state index contributed by atoms with van der Waals surface area (Å²) in [5, 5.41) is 11.0. The van der Waals surface area contributed by atoms with Crippen molar-refractivity contribution in [3.05, 3.63) is 29.8 Å². The highest BCUT2D eigenvalue weighted by atomic mass is 19.4. The van der Waals surface area contributed by atoms with Crippen molar-refractivity contribution in [1.29, 1.82) is 0 Å². The van der Waals surface area contributed by atoms with E-state index in [1.165, 1.54) is 17.0 Å². The number of carbonyl (C=O) groups excluding carboxylic acids is 2. The van der Waals surface area contributed by atoms with E-state index in [0.717, 1.165) is 18.6 Å². The lowest BCUT2D eigenvalue weighted by Gasteiger charge is -2.45. The highest BCUT2D eigenvalue weighted by Crippen LogP contribution is 2.45. The molecule has 2 aliphatic rings. The van der Waals surface area contributed by atoms with E-state index in [2.05, 4.69) is 4.74 Å². The molecule has 2 amide bonds. The minimum atomic E-state index is -4.86. The second-order valence-electron chi connectivity index (χ2n) is 9.30. The van der Waals surface area contributed by atoms with Crippen molar-refractivity contribution < 1.29 is 37.3 Å². The van der Waals surface area contributed by atoms with Crippen molar-refractivity contribution in [3.63, 3.8) is 0 Å². The van der Waals surface area contributed by atoms with Crippen LogP contribution in [0.4, 0.5) is 18.0 Å². The molecule has 0 spiro atoms. The lowest BCUT2D eigenvalue weighted by molar-refractivity contribution is -0.274. The highest BCUT2D eigenvalue weighted by molar-refractivity contribution is 5.86. The summed E-state index contributed by atoms with van der Waals surface area (Å²) in [5.74, 6) is -1.83. The van der Waals surface area contributed by atoms with Gasteiger partial charge in [0, 0.05) is 26.2 Å². The van der Waals surface area contributed by atoms with Crippen LogP contribution < -0.4 is 4.74 Å². The van der Waals surface area contributed by atoms with Crippen molar-refractivity contribution in [2.75, 3.05) is 26.2 Å². The summed E-state index contributed by atoms with van der Waals surface area (Å²) in [7, 11) is 0. The number of aliphatic hydroxyl groups is 1.